The molecule has 1 aliphatic rings. The lowest BCUT2D eigenvalue weighted by Crippen LogP contribution is -2.28. The molecule has 2 N–H and O–H groups in total. The Morgan fingerprint density at radius 3 is 2.25 bits per heavy atom. The third-order valence-corrected chi connectivity index (χ3v) is 7.02. The molecule has 3 aromatic rings. The van der Waals surface area contributed by atoms with Crippen molar-refractivity contribution in [3.63, 3.8) is 0 Å². The number of hydrogen-bond acceptors (Lipinski definition) is 4. The van der Waals surface area contributed by atoms with Crippen molar-refractivity contribution in [2.75, 3.05) is 7.11 Å². The Bertz CT molecular complexity index is 1200. The van der Waals surface area contributed by atoms with E-state index < -0.39 is 10.0 Å². The topological polar surface area (TPSA) is 84.5 Å². The number of amides is 1. The van der Waals surface area contributed by atoms with Crippen molar-refractivity contribution in [3.05, 3.63) is 83.9 Å². The van der Waals surface area contributed by atoms with Gasteiger partial charge in [0.2, 0.25) is 10.0 Å². The van der Waals surface area contributed by atoms with E-state index in [0.717, 1.165) is 29.5 Å². The predicted octanol–water partition coefficient (Wildman–Crippen LogP) is 4.29. The first kappa shape index (κ1) is 22.0. The van der Waals surface area contributed by atoms with Gasteiger partial charge in [-0.1, -0.05) is 54.6 Å². The van der Waals surface area contributed by atoms with E-state index in [1.165, 1.54) is 19.2 Å². The van der Waals surface area contributed by atoms with Gasteiger partial charge in [0.15, 0.2) is 0 Å². The van der Waals surface area contributed by atoms with Crippen LogP contribution < -0.4 is 14.8 Å². The Morgan fingerprint density at radius 1 is 0.969 bits per heavy atom. The molecule has 7 heteroatoms. The summed E-state index contributed by atoms with van der Waals surface area (Å²) in [5.41, 5.74) is 3.44. The highest BCUT2D eigenvalue weighted by molar-refractivity contribution is 7.89. The molecule has 166 valence electrons. The molecule has 3 aromatic carbocycles. The van der Waals surface area contributed by atoms with Crippen LogP contribution in [0.1, 0.15) is 41.7 Å². The molecule has 1 fully saturated rings. The SMILES string of the molecule is COc1ccc(C(=O)N[C@H](C)c2ccc(-c3ccccc3)cc2)cc1S(=O)(=O)NC1CC1. The Labute approximate surface area is 188 Å². The number of methoxy groups -OCH3 is 1. The van der Waals surface area contributed by atoms with Crippen molar-refractivity contribution in [2.24, 2.45) is 0 Å². The Morgan fingerprint density at radius 2 is 1.62 bits per heavy atom. The molecular weight excluding hydrogens is 424 g/mol. The zero-order valence-electron chi connectivity index (χ0n) is 18.0. The summed E-state index contributed by atoms with van der Waals surface area (Å²) >= 11 is 0. The number of benzene rings is 3. The van der Waals surface area contributed by atoms with Crippen molar-refractivity contribution in [1.29, 1.82) is 0 Å². The number of ether oxygens (including phenoxy) is 1. The zero-order chi connectivity index (χ0) is 22.7. The molecule has 1 atom stereocenters. The summed E-state index contributed by atoms with van der Waals surface area (Å²) in [7, 11) is -2.35. The standard InChI is InChI=1S/C25H26N2O4S/c1-17(18-8-10-20(11-9-18)19-6-4-3-5-7-19)26-25(28)21-12-15-23(31-2)24(16-21)32(29,30)27-22-13-14-22/h3-12,15-17,22,27H,13-14H2,1-2H3,(H,26,28)/t17-/m1/s1. The van der Waals surface area contributed by atoms with Crippen LogP contribution in [0.2, 0.25) is 0 Å². The van der Waals surface area contributed by atoms with E-state index in [1.807, 2.05) is 61.5 Å². The maximum Gasteiger partial charge on any atom is 0.251 e. The molecule has 32 heavy (non-hydrogen) atoms. The summed E-state index contributed by atoms with van der Waals surface area (Å²) < 4.78 is 33.3. The van der Waals surface area contributed by atoms with Crippen molar-refractivity contribution >= 4 is 15.9 Å². The summed E-state index contributed by atoms with van der Waals surface area (Å²) in [5.74, 6) is -0.144. The maximum atomic E-state index is 12.9. The first-order valence-corrected chi connectivity index (χ1v) is 12.0. The summed E-state index contributed by atoms with van der Waals surface area (Å²) in [6.07, 6.45) is 1.64. The number of rotatable bonds is 8. The van der Waals surface area contributed by atoms with E-state index in [1.54, 1.807) is 6.07 Å². The molecule has 0 heterocycles. The van der Waals surface area contributed by atoms with Crippen molar-refractivity contribution in [2.45, 2.75) is 36.7 Å². The van der Waals surface area contributed by atoms with Crippen LogP contribution in [0.4, 0.5) is 0 Å². The van der Waals surface area contributed by atoms with Gasteiger partial charge in [0, 0.05) is 11.6 Å². The largest absolute Gasteiger partial charge is 0.495 e. The van der Waals surface area contributed by atoms with Gasteiger partial charge in [-0.05, 0) is 54.7 Å². The molecule has 4 rings (SSSR count). The molecule has 6 nitrogen and oxygen atoms in total. The van der Waals surface area contributed by atoms with E-state index in [-0.39, 0.29) is 34.2 Å². The monoisotopic (exact) mass is 450 g/mol. The van der Waals surface area contributed by atoms with Crippen LogP contribution in [-0.2, 0) is 10.0 Å². The minimum absolute atomic E-state index is 0.0283. The van der Waals surface area contributed by atoms with Crippen LogP contribution in [0.5, 0.6) is 5.75 Å². The minimum atomic E-state index is -3.76. The van der Waals surface area contributed by atoms with Crippen LogP contribution in [0.3, 0.4) is 0 Å². The molecule has 0 unspecified atom stereocenters. The fourth-order valence-electron chi connectivity index (χ4n) is 3.47. The average Bonchev–Trinajstić information content (AvgIpc) is 3.62. The molecule has 0 spiro atoms. The van der Waals surface area contributed by atoms with Gasteiger partial charge < -0.3 is 10.1 Å². The van der Waals surface area contributed by atoms with Crippen LogP contribution in [0, 0.1) is 0 Å². The number of sulfonamides is 1. The molecule has 1 aliphatic carbocycles. The first-order chi connectivity index (χ1) is 15.4. The zero-order valence-corrected chi connectivity index (χ0v) is 18.9. The second-order valence-electron chi connectivity index (χ2n) is 7.94. The van der Waals surface area contributed by atoms with E-state index in [2.05, 4.69) is 10.0 Å². The molecule has 1 saturated carbocycles. The summed E-state index contributed by atoms with van der Waals surface area (Å²) in [4.78, 5) is 12.8. The molecule has 0 bridgehead atoms. The normalized spacial score (nSPS) is 14.6. The quantitative estimate of drug-likeness (QED) is 0.536. The minimum Gasteiger partial charge on any atom is -0.495 e. The lowest BCUT2D eigenvalue weighted by atomic mass is 10.0. The highest BCUT2D eigenvalue weighted by atomic mass is 32.2. The second-order valence-corrected chi connectivity index (χ2v) is 9.63. The highest BCUT2D eigenvalue weighted by Gasteiger charge is 2.30. The van der Waals surface area contributed by atoms with E-state index in [0.29, 0.717) is 0 Å². The first-order valence-electron chi connectivity index (χ1n) is 10.5. The smallest absolute Gasteiger partial charge is 0.251 e. The Kier molecular flexibility index (Phi) is 6.30. The second kappa shape index (κ2) is 9.14. The molecule has 0 radical (unpaired) electrons. The van der Waals surface area contributed by atoms with Crippen LogP contribution in [-0.4, -0.2) is 27.5 Å². The highest BCUT2D eigenvalue weighted by Crippen LogP contribution is 2.29. The van der Waals surface area contributed by atoms with Gasteiger partial charge >= 0.3 is 0 Å². The number of carbonyl (C=O) groups is 1. The molecule has 0 aromatic heterocycles. The predicted molar refractivity (Wildman–Crippen MR) is 124 cm³/mol. The van der Waals surface area contributed by atoms with Crippen molar-refractivity contribution in [3.8, 4) is 16.9 Å². The molecule has 0 saturated heterocycles. The van der Waals surface area contributed by atoms with E-state index >= 15 is 0 Å². The molecule has 0 aliphatic heterocycles. The maximum absolute atomic E-state index is 12.9. The number of carbonyl (C=O) groups excluding carboxylic acids is 1. The Hall–Kier alpha value is -3.16. The van der Waals surface area contributed by atoms with Gasteiger partial charge in [0.1, 0.15) is 10.6 Å². The van der Waals surface area contributed by atoms with Gasteiger partial charge in [0.05, 0.1) is 13.2 Å². The van der Waals surface area contributed by atoms with E-state index in [4.69, 9.17) is 4.74 Å². The lowest BCUT2D eigenvalue weighted by Gasteiger charge is -2.16. The fourth-order valence-corrected chi connectivity index (χ4v) is 4.97. The average molecular weight is 451 g/mol. The molecular formula is C25H26N2O4S. The van der Waals surface area contributed by atoms with Gasteiger partial charge in [0.25, 0.3) is 5.91 Å². The van der Waals surface area contributed by atoms with Crippen molar-refractivity contribution in [1.82, 2.24) is 10.0 Å². The van der Waals surface area contributed by atoms with Gasteiger partial charge in [-0.15, -0.1) is 0 Å². The Balaban J connectivity index is 1.50. The fraction of sp³-hybridized carbons (Fsp3) is 0.240. The number of nitrogens with one attached hydrogen (secondary N) is 2. The number of hydrogen-bond donors (Lipinski definition) is 2. The summed E-state index contributed by atoms with van der Waals surface area (Å²) in [6, 6.07) is 22.2. The molecule has 1 amide bonds. The summed E-state index contributed by atoms with van der Waals surface area (Å²) in [5, 5.41) is 2.95. The van der Waals surface area contributed by atoms with Crippen LogP contribution >= 0.6 is 0 Å². The van der Waals surface area contributed by atoms with E-state index in [9.17, 15) is 13.2 Å². The third-order valence-electron chi connectivity index (χ3n) is 5.48. The third kappa shape index (κ3) is 5.00. The lowest BCUT2D eigenvalue weighted by molar-refractivity contribution is 0.0939. The van der Waals surface area contributed by atoms with Crippen molar-refractivity contribution < 1.29 is 17.9 Å². The van der Waals surface area contributed by atoms with Gasteiger partial charge in [-0.2, -0.15) is 0 Å². The van der Waals surface area contributed by atoms with Gasteiger partial charge in [-0.3, -0.25) is 4.79 Å². The van der Waals surface area contributed by atoms with Gasteiger partial charge in [-0.25, -0.2) is 13.1 Å². The van der Waals surface area contributed by atoms with Crippen LogP contribution in [0.15, 0.2) is 77.7 Å². The summed E-state index contributed by atoms with van der Waals surface area (Å²) in [6.45, 7) is 1.89. The van der Waals surface area contributed by atoms with Crippen LogP contribution in [0.25, 0.3) is 11.1 Å².